The van der Waals surface area contributed by atoms with Crippen molar-refractivity contribution in [2.75, 3.05) is 38.0 Å². The molecule has 0 bridgehead atoms. The Balaban J connectivity index is 1.81. The van der Waals surface area contributed by atoms with E-state index in [1.807, 2.05) is 13.8 Å². The molecular formula is C20H33N4O4S+. The highest BCUT2D eigenvalue weighted by atomic mass is 32.2. The Morgan fingerprint density at radius 3 is 2.38 bits per heavy atom. The van der Waals surface area contributed by atoms with E-state index in [0.29, 0.717) is 18.8 Å². The first-order chi connectivity index (χ1) is 13.7. The minimum absolute atomic E-state index is 0.00120. The number of hydrogen-bond donors (Lipinski definition) is 2. The molecule has 1 aromatic rings. The molecule has 0 aliphatic carbocycles. The number of quaternary nitrogens is 1. The maximum Gasteiger partial charge on any atom is 0.293 e. The minimum Gasteiger partial charge on any atom is -0.376 e. The number of nitro groups is 1. The third-order valence-electron chi connectivity index (χ3n) is 6.19. The highest BCUT2D eigenvalue weighted by Crippen LogP contribution is 2.32. The number of nitrogens with zero attached hydrogens (tertiary/aromatic N) is 2. The third-order valence-corrected chi connectivity index (χ3v) is 8.02. The van der Waals surface area contributed by atoms with E-state index in [1.165, 1.54) is 16.4 Å². The van der Waals surface area contributed by atoms with Crippen molar-refractivity contribution in [3.05, 3.63) is 28.3 Å². The van der Waals surface area contributed by atoms with Crippen LogP contribution < -0.4 is 10.2 Å². The quantitative estimate of drug-likeness (QED) is 0.535. The number of likely N-dealkylation sites (tertiary alicyclic amines) is 1. The van der Waals surface area contributed by atoms with Crippen LogP contribution in [0.2, 0.25) is 0 Å². The molecule has 1 aromatic carbocycles. The minimum atomic E-state index is -3.75. The molecule has 2 saturated heterocycles. The van der Waals surface area contributed by atoms with E-state index < -0.39 is 14.9 Å². The lowest BCUT2D eigenvalue weighted by Gasteiger charge is -2.34. The van der Waals surface area contributed by atoms with Gasteiger partial charge in [0.2, 0.25) is 10.0 Å². The molecular weight excluding hydrogens is 392 g/mol. The second-order valence-corrected chi connectivity index (χ2v) is 10.7. The fourth-order valence-corrected chi connectivity index (χ4v) is 6.34. The number of sulfonamides is 1. The summed E-state index contributed by atoms with van der Waals surface area (Å²) in [5.41, 5.74) is 0.230. The normalized spacial score (nSPS) is 28.8. The van der Waals surface area contributed by atoms with E-state index in [1.54, 1.807) is 11.0 Å². The van der Waals surface area contributed by atoms with Crippen molar-refractivity contribution in [1.29, 1.82) is 0 Å². The molecule has 0 unspecified atom stereocenters. The topological polar surface area (TPSA) is 97.0 Å². The second kappa shape index (κ2) is 8.97. The Morgan fingerprint density at radius 1 is 1.21 bits per heavy atom. The molecule has 3 rings (SSSR count). The Bertz CT molecular complexity index is 827. The summed E-state index contributed by atoms with van der Waals surface area (Å²) in [5, 5.41) is 15.0. The molecule has 0 spiro atoms. The van der Waals surface area contributed by atoms with Crippen LogP contribution >= 0.6 is 0 Å². The first-order valence-electron chi connectivity index (χ1n) is 10.6. The fourth-order valence-electron chi connectivity index (χ4n) is 4.64. The molecule has 0 saturated carbocycles. The number of hydrogen-bond acceptors (Lipinski definition) is 5. The summed E-state index contributed by atoms with van der Waals surface area (Å²) in [4.78, 5) is 12.7. The number of nitro benzene ring substituents is 1. The fraction of sp³-hybridized carbons (Fsp3) is 0.700. The summed E-state index contributed by atoms with van der Waals surface area (Å²) >= 11 is 0. The van der Waals surface area contributed by atoms with Crippen molar-refractivity contribution < 1.29 is 18.2 Å². The van der Waals surface area contributed by atoms with Crippen LogP contribution in [0, 0.1) is 22.0 Å². The second-order valence-electron chi connectivity index (χ2n) is 8.73. The van der Waals surface area contributed by atoms with Gasteiger partial charge < -0.3 is 10.2 Å². The molecule has 9 heteroatoms. The van der Waals surface area contributed by atoms with E-state index in [-0.39, 0.29) is 28.5 Å². The van der Waals surface area contributed by atoms with Gasteiger partial charge in [0.1, 0.15) is 5.69 Å². The molecule has 2 aliphatic rings. The lowest BCUT2D eigenvalue weighted by atomic mass is 9.94. The standard InChI is InChI=1S/C20H32N4O4S/c1-4-22-9-7-17(8-10-22)21-19-6-5-18(12-20(19)24(25)26)29(27,28)23-13-15(2)11-16(3)14-23/h5-6,12,15-17,21H,4,7-11,13-14H2,1-3H3/p+1/t15-,16-/m1/s1. The summed E-state index contributed by atoms with van der Waals surface area (Å²) in [6.45, 7) is 10.3. The van der Waals surface area contributed by atoms with Crippen LogP contribution in [-0.2, 0) is 10.0 Å². The van der Waals surface area contributed by atoms with Crippen molar-refractivity contribution in [3.63, 3.8) is 0 Å². The van der Waals surface area contributed by atoms with E-state index in [2.05, 4.69) is 12.2 Å². The van der Waals surface area contributed by atoms with Crippen LogP contribution in [0.4, 0.5) is 11.4 Å². The van der Waals surface area contributed by atoms with Crippen molar-refractivity contribution in [3.8, 4) is 0 Å². The summed E-state index contributed by atoms with van der Waals surface area (Å²) in [6.07, 6.45) is 2.89. The van der Waals surface area contributed by atoms with Gasteiger partial charge in [0.05, 0.1) is 29.5 Å². The highest BCUT2D eigenvalue weighted by molar-refractivity contribution is 7.89. The van der Waals surface area contributed by atoms with Gasteiger partial charge in [0.25, 0.3) is 5.69 Å². The molecule has 162 valence electrons. The molecule has 2 atom stereocenters. The first-order valence-corrected chi connectivity index (χ1v) is 12.0. The third kappa shape index (κ3) is 5.07. The lowest BCUT2D eigenvalue weighted by Crippen LogP contribution is -3.13. The maximum atomic E-state index is 13.1. The summed E-state index contributed by atoms with van der Waals surface area (Å²) in [6, 6.07) is 4.45. The van der Waals surface area contributed by atoms with Gasteiger partial charge in [-0.1, -0.05) is 13.8 Å². The highest BCUT2D eigenvalue weighted by Gasteiger charge is 2.33. The van der Waals surface area contributed by atoms with Crippen LogP contribution in [-0.4, -0.2) is 56.4 Å². The molecule has 2 N–H and O–H groups in total. The Kier molecular flexibility index (Phi) is 6.80. The molecule has 8 nitrogen and oxygen atoms in total. The van der Waals surface area contributed by atoms with Gasteiger partial charge in [-0.25, -0.2) is 8.42 Å². The van der Waals surface area contributed by atoms with Crippen LogP contribution in [0.1, 0.15) is 40.0 Å². The van der Waals surface area contributed by atoms with Gasteiger partial charge in [-0.2, -0.15) is 4.31 Å². The number of rotatable bonds is 6. The van der Waals surface area contributed by atoms with Gasteiger partial charge >= 0.3 is 0 Å². The summed E-state index contributed by atoms with van der Waals surface area (Å²) in [7, 11) is -3.75. The lowest BCUT2D eigenvalue weighted by molar-refractivity contribution is -0.903. The van der Waals surface area contributed by atoms with Crippen molar-refractivity contribution in [2.24, 2.45) is 11.8 Å². The van der Waals surface area contributed by atoms with Crippen LogP contribution in [0.5, 0.6) is 0 Å². The van der Waals surface area contributed by atoms with E-state index in [0.717, 1.165) is 38.9 Å². The molecule has 2 fully saturated rings. The van der Waals surface area contributed by atoms with Gasteiger partial charge in [0, 0.05) is 38.0 Å². The Morgan fingerprint density at radius 2 is 1.83 bits per heavy atom. The smallest absolute Gasteiger partial charge is 0.293 e. The zero-order valence-corrected chi connectivity index (χ0v) is 18.4. The van der Waals surface area contributed by atoms with Crippen LogP contribution in [0.25, 0.3) is 0 Å². The molecule has 0 amide bonds. The largest absolute Gasteiger partial charge is 0.376 e. The average Bonchev–Trinajstić information content (AvgIpc) is 2.68. The van der Waals surface area contributed by atoms with Gasteiger partial charge in [0.15, 0.2) is 0 Å². The predicted molar refractivity (Wildman–Crippen MR) is 113 cm³/mol. The van der Waals surface area contributed by atoms with Gasteiger partial charge in [-0.15, -0.1) is 0 Å². The number of piperidine rings is 2. The van der Waals surface area contributed by atoms with Crippen LogP contribution in [0.3, 0.4) is 0 Å². The van der Waals surface area contributed by atoms with Gasteiger partial charge in [-0.3, -0.25) is 10.1 Å². The van der Waals surface area contributed by atoms with E-state index >= 15 is 0 Å². The molecule has 0 radical (unpaired) electrons. The molecule has 2 aliphatic heterocycles. The van der Waals surface area contributed by atoms with E-state index in [4.69, 9.17) is 0 Å². The van der Waals surface area contributed by atoms with Gasteiger partial charge in [-0.05, 0) is 37.3 Å². The zero-order valence-electron chi connectivity index (χ0n) is 17.6. The number of nitrogens with one attached hydrogen (secondary N) is 2. The number of anilines is 1. The first kappa shape index (κ1) is 22.0. The zero-order chi connectivity index (χ0) is 21.2. The van der Waals surface area contributed by atoms with E-state index in [9.17, 15) is 18.5 Å². The number of benzene rings is 1. The van der Waals surface area contributed by atoms with Crippen molar-refractivity contribution >= 4 is 21.4 Å². The maximum absolute atomic E-state index is 13.1. The molecule has 29 heavy (non-hydrogen) atoms. The van der Waals surface area contributed by atoms with Crippen molar-refractivity contribution in [1.82, 2.24) is 4.31 Å². The SMILES string of the molecule is CC[NH+]1CCC(Nc2ccc(S(=O)(=O)N3C[C@H](C)C[C@@H](C)C3)cc2[N+](=O)[O-])CC1. The van der Waals surface area contributed by atoms with Crippen LogP contribution in [0.15, 0.2) is 23.1 Å². The average molecular weight is 426 g/mol. The summed E-state index contributed by atoms with van der Waals surface area (Å²) < 4.78 is 27.7. The molecule has 2 heterocycles. The Labute approximate surface area is 173 Å². The summed E-state index contributed by atoms with van der Waals surface area (Å²) in [5.74, 6) is 0.557. The molecule has 0 aromatic heterocycles. The Hall–Kier alpha value is -1.71. The van der Waals surface area contributed by atoms with Crippen molar-refractivity contribution in [2.45, 2.75) is 51.0 Å². The predicted octanol–water partition coefficient (Wildman–Crippen LogP) is 1.74. The monoisotopic (exact) mass is 425 g/mol.